The molecule has 3 aromatic rings. The number of carbonyl (C=O) groups is 5. The van der Waals surface area contributed by atoms with Gasteiger partial charge in [-0.2, -0.15) is 13.2 Å². The molecule has 2 heterocycles. The first kappa shape index (κ1) is 28.2. The standard InChI is InChI=1S/C24H17ClF3NO9/c25-15-3-1-2-14(24(26,27)28)20(15)21(34)17-6-12(13(23(37)38)8-19(32)33)16-5-4-10(9-29(16)17)11(22(35)36)7-18(30)31/h1-6,9,11,13H,7-8H2,(H,30,31)(H,32,33)(H,35,36)(H,37,38). The molecular formula is C24H17ClF3NO9. The number of hydrogen-bond donors (Lipinski definition) is 4. The van der Waals surface area contributed by atoms with E-state index in [1.54, 1.807) is 0 Å². The summed E-state index contributed by atoms with van der Waals surface area (Å²) in [6.07, 6.45) is -5.85. The zero-order chi connectivity index (χ0) is 28.5. The van der Waals surface area contributed by atoms with Crippen LogP contribution in [0.15, 0.2) is 42.6 Å². The van der Waals surface area contributed by atoms with Gasteiger partial charge in [-0.3, -0.25) is 24.0 Å². The van der Waals surface area contributed by atoms with Crippen LogP contribution in [0.4, 0.5) is 13.2 Å². The van der Waals surface area contributed by atoms with Crippen molar-refractivity contribution >= 4 is 46.8 Å². The van der Waals surface area contributed by atoms with E-state index in [4.69, 9.17) is 16.7 Å². The van der Waals surface area contributed by atoms with E-state index in [2.05, 4.69) is 0 Å². The Morgan fingerprint density at radius 1 is 0.868 bits per heavy atom. The smallest absolute Gasteiger partial charge is 0.417 e. The molecule has 0 fully saturated rings. The van der Waals surface area contributed by atoms with Crippen molar-refractivity contribution in [1.29, 1.82) is 0 Å². The molecule has 0 aliphatic heterocycles. The molecule has 2 aromatic heterocycles. The molecule has 10 nitrogen and oxygen atoms in total. The third kappa shape index (κ3) is 5.62. The molecule has 0 aliphatic rings. The summed E-state index contributed by atoms with van der Waals surface area (Å²) >= 11 is 5.96. The van der Waals surface area contributed by atoms with Crippen LogP contribution in [-0.2, 0) is 25.4 Å². The summed E-state index contributed by atoms with van der Waals surface area (Å²) in [5.74, 6) is -10.8. The Hall–Kier alpha value is -4.39. The predicted molar refractivity (Wildman–Crippen MR) is 123 cm³/mol. The molecule has 0 bridgehead atoms. The highest BCUT2D eigenvalue weighted by molar-refractivity contribution is 6.35. The maximum absolute atomic E-state index is 13.7. The summed E-state index contributed by atoms with van der Waals surface area (Å²) in [6, 6.07) is 5.79. The van der Waals surface area contributed by atoms with Gasteiger partial charge < -0.3 is 24.8 Å². The number of pyridine rings is 1. The Morgan fingerprint density at radius 3 is 1.97 bits per heavy atom. The lowest BCUT2D eigenvalue weighted by molar-refractivity contribution is -0.145. The first-order valence-electron chi connectivity index (χ1n) is 10.6. The van der Waals surface area contributed by atoms with Gasteiger partial charge in [0, 0.05) is 11.7 Å². The molecule has 2 atom stereocenters. The van der Waals surface area contributed by atoms with Gasteiger partial charge in [-0.25, -0.2) is 0 Å². The SMILES string of the molecule is O=C(O)CC(C(=O)O)c1ccc2c(C(CC(=O)O)C(=O)O)cc(C(=O)c3c(Cl)cccc3C(F)(F)F)n2c1. The minimum Gasteiger partial charge on any atom is -0.481 e. The zero-order valence-electron chi connectivity index (χ0n) is 18.9. The number of aromatic nitrogens is 1. The lowest BCUT2D eigenvalue weighted by atomic mass is 9.94. The molecule has 0 spiro atoms. The van der Waals surface area contributed by atoms with Gasteiger partial charge in [0.25, 0.3) is 0 Å². The van der Waals surface area contributed by atoms with Gasteiger partial charge in [-0.1, -0.05) is 23.7 Å². The lowest BCUT2D eigenvalue weighted by Crippen LogP contribution is -2.18. The quantitative estimate of drug-likeness (QED) is 0.268. The van der Waals surface area contributed by atoms with E-state index in [-0.39, 0.29) is 16.6 Å². The van der Waals surface area contributed by atoms with Gasteiger partial charge in [-0.15, -0.1) is 0 Å². The van der Waals surface area contributed by atoms with Gasteiger partial charge in [0.1, 0.15) is 0 Å². The molecule has 0 saturated carbocycles. The van der Waals surface area contributed by atoms with Crippen molar-refractivity contribution in [3.63, 3.8) is 0 Å². The highest BCUT2D eigenvalue weighted by Crippen LogP contribution is 2.38. The predicted octanol–water partition coefficient (Wildman–Crippen LogP) is 4.13. The fourth-order valence-corrected chi connectivity index (χ4v) is 4.31. The third-order valence-corrected chi connectivity index (χ3v) is 6.04. The number of carboxylic acids is 4. The van der Waals surface area contributed by atoms with Gasteiger partial charge in [0.15, 0.2) is 0 Å². The Labute approximate surface area is 215 Å². The van der Waals surface area contributed by atoms with E-state index in [9.17, 15) is 52.5 Å². The van der Waals surface area contributed by atoms with Crippen LogP contribution >= 0.6 is 11.6 Å². The number of alkyl halides is 3. The maximum atomic E-state index is 13.7. The lowest BCUT2D eigenvalue weighted by Gasteiger charge is -2.15. The summed E-state index contributed by atoms with van der Waals surface area (Å²) in [7, 11) is 0. The van der Waals surface area contributed by atoms with Crippen molar-refractivity contribution in [1.82, 2.24) is 4.40 Å². The average molecular weight is 556 g/mol. The second kappa shape index (κ2) is 10.5. The number of aliphatic carboxylic acids is 4. The Bertz CT molecular complexity index is 1480. The number of halogens is 4. The molecule has 0 amide bonds. The van der Waals surface area contributed by atoms with Crippen molar-refractivity contribution in [2.75, 3.05) is 0 Å². The minimum atomic E-state index is -5.01. The summed E-state index contributed by atoms with van der Waals surface area (Å²) in [6.45, 7) is 0. The number of fused-ring (bicyclic) bond motifs is 1. The molecule has 0 radical (unpaired) electrons. The first-order valence-corrected chi connectivity index (χ1v) is 11.0. The molecular weight excluding hydrogens is 539 g/mol. The molecule has 200 valence electrons. The Kier molecular flexibility index (Phi) is 7.82. The van der Waals surface area contributed by atoms with Gasteiger partial charge in [0.2, 0.25) is 5.78 Å². The zero-order valence-corrected chi connectivity index (χ0v) is 19.7. The summed E-state index contributed by atoms with van der Waals surface area (Å²) in [4.78, 5) is 59.6. The van der Waals surface area contributed by atoms with Gasteiger partial charge in [0.05, 0.1) is 46.5 Å². The molecule has 1 aromatic carbocycles. The van der Waals surface area contributed by atoms with E-state index in [1.165, 1.54) is 0 Å². The highest BCUT2D eigenvalue weighted by atomic mass is 35.5. The third-order valence-electron chi connectivity index (χ3n) is 5.73. The van der Waals surface area contributed by atoms with E-state index < -0.39 is 82.4 Å². The number of carbonyl (C=O) groups excluding carboxylic acids is 1. The van der Waals surface area contributed by atoms with Crippen LogP contribution in [0.1, 0.15) is 57.4 Å². The Balaban J connectivity index is 2.37. The minimum absolute atomic E-state index is 0.120. The summed E-state index contributed by atoms with van der Waals surface area (Å²) < 4.78 is 42.0. The van der Waals surface area contributed by atoms with Crippen LogP contribution < -0.4 is 0 Å². The first-order chi connectivity index (χ1) is 17.6. The topological polar surface area (TPSA) is 171 Å². The highest BCUT2D eigenvalue weighted by Gasteiger charge is 2.38. The van der Waals surface area contributed by atoms with Crippen molar-refractivity contribution < 1.29 is 57.6 Å². The summed E-state index contributed by atoms with van der Waals surface area (Å²) in [5, 5.41) is 36.8. The number of hydrogen-bond acceptors (Lipinski definition) is 5. The number of ketones is 1. The van der Waals surface area contributed by atoms with Gasteiger partial charge in [-0.05, 0) is 35.4 Å². The average Bonchev–Trinajstić information content (AvgIpc) is 3.17. The van der Waals surface area contributed by atoms with Crippen LogP contribution in [0.3, 0.4) is 0 Å². The second-order valence-corrected chi connectivity index (χ2v) is 8.58. The second-order valence-electron chi connectivity index (χ2n) is 8.17. The number of benzene rings is 1. The number of carboxylic acid groups (broad SMARTS) is 4. The largest absolute Gasteiger partial charge is 0.481 e. The van der Waals surface area contributed by atoms with E-state index in [1.807, 2.05) is 0 Å². The number of rotatable bonds is 10. The van der Waals surface area contributed by atoms with Crippen molar-refractivity contribution in [3.8, 4) is 0 Å². The van der Waals surface area contributed by atoms with Crippen molar-refractivity contribution in [2.45, 2.75) is 30.9 Å². The van der Waals surface area contributed by atoms with Gasteiger partial charge >= 0.3 is 30.1 Å². The fraction of sp³-hybridized carbons (Fsp3) is 0.208. The molecule has 0 aliphatic carbocycles. The van der Waals surface area contributed by atoms with Crippen LogP contribution in [-0.4, -0.2) is 54.5 Å². The number of nitrogens with zero attached hydrogens (tertiary/aromatic N) is 1. The van der Waals surface area contributed by atoms with Crippen LogP contribution in [0.2, 0.25) is 5.02 Å². The van der Waals surface area contributed by atoms with Crippen LogP contribution in [0.5, 0.6) is 0 Å². The van der Waals surface area contributed by atoms with Crippen molar-refractivity contribution in [3.05, 3.63) is 75.6 Å². The maximum Gasteiger partial charge on any atom is 0.417 e. The van der Waals surface area contributed by atoms with E-state index in [0.29, 0.717) is 6.07 Å². The molecule has 2 unspecified atom stereocenters. The monoisotopic (exact) mass is 555 g/mol. The normalized spacial score (nSPS) is 13.2. The van der Waals surface area contributed by atoms with Crippen molar-refractivity contribution in [2.24, 2.45) is 0 Å². The molecule has 4 N–H and O–H groups in total. The van der Waals surface area contributed by atoms with Crippen LogP contribution in [0.25, 0.3) is 5.52 Å². The molecule has 3 rings (SSSR count). The molecule has 0 saturated heterocycles. The summed E-state index contributed by atoms with van der Waals surface area (Å²) in [5.41, 5.74) is -3.47. The fourth-order valence-electron chi connectivity index (χ4n) is 4.05. The molecule has 14 heteroatoms. The Morgan fingerprint density at radius 2 is 1.45 bits per heavy atom. The van der Waals surface area contributed by atoms with E-state index in [0.717, 1.165) is 40.9 Å². The molecule has 38 heavy (non-hydrogen) atoms. The van der Waals surface area contributed by atoms with E-state index >= 15 is 0 Å². The van der Waals surface area contributed by atoms with Crippen LogP contribution in [0, 0.1) is 0 Å².